The number of aliphatic carboxylic acids is 1. The van der Waals surface area contributed by atoms with Gasteiger partial charge in [-0.15, -0.1) is 0 Å². The summed E-state index contributed by atoms with van der Waals surface area (Å²) < 4.78 is 0. The zero-order chi connectivity index (χ0) is 15.6. The molecule has 0 aliphatic carbocycles. The normalized spacial score (nSPS) is 17.8. The molecule has 1 amide bonds. The number of hydrogen-bond acceptors (Lipinski definition) is 4. The fraction of sp³-hybridized carbons (Fsp3) is 0.429. The van der Waals surface area contributed by atoms with E-state index in [4.69, 9.17) is 5.11 Å². The molecular formula is C14H16N2O5. The minimum Gasteiger partial charge on any atom is -0.481 e. The number of likely N-dealkylation sites (tertiary alicyclic amines) is 1. The van der Waals surface area contributed by atoms with Gasteiger partial charge >= 0.3 is 5.97 Å². The summed E-state index contributed by atoms with van der Waals surface area (Å²) in [7, 11) is 0. The Bertz CT molecular complexity index is 599. The first-order valence-corrected chi connectivity index (χ1v) is 6.64. The number of carboxylic acids is 1. The predicted octanol–water partition coefficient (Wildman–Crippen LogP) is 1.84. The summed E-state index contributed by atoms with van der Waals surface area (Å²) in [5.41, 5.74) is 0.619. The molecule has 0 bridgehead atoms. The smallest absolute Gasteiger partial charge is 0.303 e. The molecule has 1 aromatic rings. The lowest BCUT2D eigenvalue weighted by atomic mass is 10.1. The number of carbonyl (C=O) groups is 2. The van der Waals surface area contributed by atoms with Crippen molar-refractivity contribution in [1.82, 2.24) is 4.90 Å². The van der Waals surface area contributed by atoms with Crippen LogP contribution in [-0.2, 0) is 4.79 Å². The van der Waals surface area contributed by atoms with E-state index in [0.29, 0.717) is 19.5 Å². The van der Waals surface area contributed by atoms with Crippen LogP contribution in [0.25, 0.3) is 0 Å². The van der Waals surface area contributed by atoms with E-state index in [1.54, 1.807) is 13.0 Å². The van der Waals surface area contributed by atoms with Gasteiger partial charge < -0.3 is 10.0 Å². The van der Waals surface area contributed by atoms with E-state index >= 15 is 0 Å². The van der Waals surface area contributed by atoms with Crippen molar-refractivity contribution in [3.63, 3.8) is 0 Å². The molecule has 7 heteroatoms. The summed E-state index contributed by atoms with van der Waals surface area (Å²) in [6, 6.07) is 4.42. The maximum Gasteiger partial charge on any atom is 0.303 e. The molecule has 21 heavy (non-hydrogen) atoms. The van der Waals surface area contributed by atoms with Crippen LogP contribution in [0.2, 0.25) is 0 Å². The van der Waals surface area contributed by atoms with Crippen LogP contribution in [0.4, 0.5) is 5.69 Å². The Labute approximate surface area is 121 Å². The van der Waals surface area contributed by atoms with E-state index in [-0.39, 0.29) is 23.6 Å². The molecule has 2 rings (SSSR count). The molecule has 1 aliphatic rings. The summed E-state index contributed by atoms with van der Waals surface area (Å²) in [6.45, 7) is 2.52. The van der Waals surface area contributed by atoms with E-state index in [1.165, 1.54) is 17.0 Å². The molecule has 0 spiro atoms. The summed E-state index contributed by atoms with van der Waals surface area (Å²) in [5, 5.41) is 19.8. The number of rotatable bonds is 4. The van der Waals surface area contributed by atoms with Crippen molar-refractivity contribution in [3.05, 3.63) is 39.4 Å². The van der Waals surface area contributed by atoms with Crippen molar-refractivity contribution in [3.8, 4) is 0 Å². The lowest BCUT2D eigenvalue weighted by Crippen LogP contribution is -2.29. The van der Waals surface area contributed by atoms with Crippen LogP contribution in [0.1, 0.15) is 28.8 Å². The summed E-state index contributed by atoms with van der Waals surface area (Å²) >= 11 is 0. The van der Waals surface area contributed by atoms with Gasteiger partial charge in [-0.2, -0.15) is 0 Å². The van der Waals surface area contributed by atoms with Crippen molar-refractivity contribution in [2.24, 2.45) is 5.92 Å². The average molecular weight is 292 g/mol. The Morgan fingerprint density at radius 3 is 2.81 bits per heavy atom. The van der Waals surface area contributed by atoms with Gasteiger partial charge in [0.05, 0.1) is 4.92 Å². The minimum absolute atomic E-state index is 0.0136. The first-order valence-electron chi connectivity index (χ1n) is 6.64. The van der Waals surface area contributed by atoms with Gasteiger partial charge in [0.2, 0.25) is 0 Å². The molecule has 1 N–H and O–H groups in total. The summed E-state index contributed by atoms with van der Waals surface area (Å²) in [6.07, 6.45) is 0.622. The van der Waals surface area contributed by atoms with Crippen LogP contribution in [0.15, 0.2) is 18.2 Å². The molecule has 112 valence electrons. The lowest BCUT2D eigenvalue weighted by molar-refractivity contribution is -0.385. The van der Waals surface area contributed by atoms with E-state index in [2.05, 4.69) is 0 Å². The molecule has 1 atom stereocenters. The Morgan fingerprint density at radius 2 is 2.19 bits per heavy atom. The highest BCUT2D eigenvalue weighted by Crippen LogP contribution is 2.26. The van der Waals surface area contributed by atoms with E-state index in [0.717, 1.165) is 5.56 Å². The van der Waals surface area contributed by atoms with Gasteiger partial charge in [0.25, 0.3) is 11.6 Å². The third-order valence-electron chi connectivity index (χ3n) is 3.62. The Hall–Kier alpha value is -2.44. The van der Waals surface area contributed by atoms with Gasteiger partial charge in [0, 0.05) is 25.6 Å². The van der Waals surface area contributed by atoms with Crippen LogP contribution < -0.4 is 0 Å². The molecule has 1 fully saturated rings. The Kier molecular flexibility index (Phi) is 4.21. The monoisotopic (exact) mass is 292 g/mol. The van der Waals surface area contributed by atoms with Gasteiger partial charge in [-0.25, -0.2) is 0 Å². The van der Waals surface area contributed by atoms with Gasteiger partial charge in [0.1, 0.15) is 5.56 Å². The summed E-state index contributed by atoms with van der Waals surface area (Å²) in [4.78, 5) is 35.1. The number of carboxylic acid groups (broad SMARTS) is 1. The van der Waals surface area contributed by atoms with Crippen molar-refractivity contribution < 1.29 is 19.6 Å². The Balaban J connectivity index is 2.19. The van der Waals surface area contributed by atoms with Gasteiger partial charge in [-0.3, -0.25) is 19.7 Å². The van der Waals surface area contributed by atoms with Crippen molar-refractivity contribution in [1.29, 1.82) is 0 Å². The molecular weight excluding hydrogens is 276 g/mol. The highest BCUT2D eigenvalue weighted by atomic mass is 16.6. The highest BCUT2D eigenvalue weighted by Gasteiger charge is 2.31. The van der Waals surface area contributed by atoms with Crippen molar-refractivity contribution in [2.75, 3.05) is 13.1 Å². The average Bonchev–Trinajstić information content (AvgIpc) is 2.85. The zero-order valence-electron chi connectivity index (χ0n) is 11.6. The molecule has 1 aliphatic heterocycles. The second-order valence-electron chi connectivity index (χ2n) is 5.28. The minimum atomic E-state index is -0.893. The molecule has 1 unspecified atom stereocenters. The van der Waals surface area contributed by atoms with E-state index < -0.39 is 16.8 Å². The molecule has 0 radical (unpaired) electrons. The number of aryl methyl sites for hydroxylation is 1. The Morgan fingerprint density at radius 1 is 1.48 bits per heavy atom. The number of nitro groups is 1. The maximum atomic E-state index is 12.4. The quantitative estimate of drug-likeness (QED) is 0.674. The largest absolute Gasteiger partial charge is 0.481 e. The van der Waals surface area contributed by atoms with Crippen LogP contribution in [0.3, 0.4) is 0 Å². The van der Waals surface area contributed by atoms with E-state index in [1.807, 2.05) is 0 Å². The van der Waals surface area contributed by atoms with Crippen molar-refractivity contribution >= 4 is 17.6 Å². The maximum absolute atomic E-state index is 12.4. The van der Waals surface area contributed by atoms with Gasteiger partial charge in [0.15, 0.2) is 0 Å². The number of nitro benzene ring substituents is 1. The number of amides is 1. The molecule has 7 nitrogen and oxygen atoms in total. The number of benzene rings is 1. The number of carbonyl (C=O) groups excluding carboxylic acids is 1. The first kappa shape index (κ1) is 15.0. The molecule has 1 aromatic carbocycles. The van der Waals surface area contributed by atoms with Crippen LogP contribution in [-0.4, -0.2) is 39.9 Å². The van der Waals surface area contributed by atoms with E-state index in [9.17, 15) is 19.7 Å². The van der Waals surface area contributed by atoms with Crippen molar-refractivity contribution in [2.45, 2.75) is 19.8 Å². The number of nitrogens with zero attached hydrogens (tertiary/aromatic N) is 2. The summed E-state index contributed by atoms with van der Waals surface area (Å²) in [5.74, 6) is -1.38. The SMILES string of the molecule is Cc1ccc([N+](=O)[O-])c(C(=O)N2CCC(CC(=O)O)C2)c1. The third-order valence-corrected chi connectivity index (χ3v) is 3.62. The number of hydrogen-bond donors (Lipinski definition) is 1. The van der Waals surface area contributed by atoms with Gasteiger partial charge in [-0.05, 0) is 30.9 Å². The lowest BCUT2D eigenvalue weighted by Gasteiger charge is -2.16. The fourth-order valence-electron chi connectivity index (χ4n) is 2.58. The van der Waals surface area contributed by atoms with Gasteiger partial charge in [-0.1, -0.05) is 6.07 Å². The van der Waals surface area contributed by atoms with Crippen LogP contribution in [0, 0.1) is 23.0 Å². The molecule has 1 saturated heterocycles. The predicted molar refractivity (Wildman–Crippen MR) is 74.1 cm³/mol. The molecule has 1 heterocycles. The second-order valence-corrected chi connectivity index (χ2v) is 5.28. The van der Waals surface area contributed by atoms with Crippen LogP contribution in [0.5, 0.6) is 0 Å². The molecule has 0 saturated carbocycles. The highest BCUT2D eigenvalue weighted by molar-refractivity contribution is 5.98. The molecule has 0 aromatic heterocycles. The zero-order valence-corrected chi connectivity index (χ0v) is 11.6. The third kappa shape index (κ3) is 3.36. The fourth-order valence-corrected chi connectivity index (χ4v) is 2.58. The second kappa shape index (κ2) is 5.90. The standard InChI is InChI=1S/C14H16N2O5/c1-9-2-3-12(16(20)21)11(6-9)14(19)15-5-4-10(8-15)7-13(17)18/h2-3,6,10H,4-5,7-8H2,1H3,(H,17,18). The topological polar surface area (TPSA) is 101 Å². The van der Waals surface area contributed by atoms with Crippen LogP contribution >= 0.6 is 0 Å². The first-order chi connectivity index (χ1) is 9.88.